The van der Waals surface area contributed by atoms with Crippen molar-refractivity contribution in [3.05, 3.63) is 188 Å². The van der Waals surface area contributed by atoms with Crippen LogP contribution in [0.5, 0.6) is 0 Å². The standard InChI is InChI=1S/C53H40N5O.Pt/c1-53(2,3)37-28-29-54-49(30-37)58-45-26-15-27-47-50(45)51-46(58)32-40(33-48(51)59-47)55(4)38-20-13-21-39(31-38)56-34-57(44-25-12-11-24-43(44)56)52-41(35-16-7-5-8-17-35)22-14-23-42(52)36-18-9-6-10-19-36;/h5-30,33-34H,1-4H3;/q-3;. The molecule has 0 atom stereocenters. The molecule has 0 amide bonds. The van der Waals surface area contributed by atoms with E-state index in [9.17, 15) is 0 Å². The Bertz CT molecular complexity index is 3110. The average Bonchev–Trinajstić information content (AvgIpc) is 3.97. The fourth-order valence-corrected chi connectivity index (χ4v) is 8.63. The minimum atomic E-state index is -0.0251. The third-order valence-electron chi connectivity index (χ3n) is 11.6. The molecular weight excluding hydrogens is 918 g/mol. The van der Waals surface area contributed by atoms with Crippen LogP contribution in [-0.4, -0.2) is 16.6 Å². The van der Waals surface area contributed by atoms with Crippen LogP contribution in [0.1, 0.15) is 26.3 Å². The number of aromatic nitrogens is 2. The number of hydrogen-bond donors (Lipinski definition) is 0. The average molecular weight is 958 g/mol. The van der Waals surface area contributed by atoms with Gasteiger partial charge in [0.05, 0.1) is 0 Å². The third kappa shape index (κ3) is 6.09. The molecule has 1 aliphatic rings. The molecule has 296 valence electrons. The second-order valence-electron chi connectivity index (χ2n) is 16.2. The topological polar surface area (TPSA) is 40.7 Å². The predicted octanol–water partition coefficient (Wildman–Crippen LogP) is 13.8. The number of fused-ring (bicyclic) bond motifs is 1. The van der Waals surface area contributed by atoms with Crippen molar-refractivity contribution in [1.29, 1.82) is 0 Å². The molecule has 60 heavy (non-hydrogen) atoms. The summed E-state index contributed by atoms with van der Waals surface area (Å²) >= 11 is 0. The van der Waals surface area contributed by atoms with Gasteiger partial charge in [-0.25, -0.2) is 4.98 Å². The Hall–Kier alpha value is -6.62. The molecule has 0 saturated heterocycles. The summed E-state index contributed by atoms with van der Waals surface area (Å²) in [6.45, 7) is 8.90. The molecule has 7 heteroatoms. The summed E-state index contributed by atoms with van der Waals surface area (Å²) in [6, 6.07) is 63.0. The van der Waals surface area contributed by atoms with E-state index in [-0.39, 0.29) is 26.5 Å². The third-order valence-corrected chi connectivity index (χ3v) is 11.6. The first-order chi connectivity index (χ1) is 28.8. The van der Waals surface area contributed by atoms with Crippen LogP contribution in [0.25, 0.3) is 61.0 Å². The fourth-order valence-electron chi connectivity index (χ4n) is 8.63. The van der Waals surface area contributed by atoms with Gasteiger partial charge in [0.2, 0.25) is 0 Å². The first kappa shape index (κ1) is 37.6. The summed E-state index contributed by atoms with van der Waals surface area (Å²) in [4.78, 5) is 11.6. The second-order valence-corrected chi connectivity index (χ2v) is 16.2. The number of nitrogens with zero attached hydrogens (tertiary/aromatic N) is 5. The minimum Gasteiger partial charge on any atom is -0.493 e. The molecule has 11 rings (SSSR count). The number of pyridine rings is 1. The zero-order chi connectivity index (χ0) is 39.8. The summed E-state index contributed by atoms with van der Waals surface area (Å²) in [5.41, 5.74) is 15.5. The maximum absolute atomic E-state index is 6.52. The molecule has 0 fully saturated rings. The summed E-state index contributed by atoms with van der Waals surface area (Å²) in [5.74, 6) is 0.865. The van der Waals surface area contributed by atoms with Crippen molar-refractivity contribution in [2.24, 2.45) is 0 Å². The number of benzene rings is 7. The van der Waals surface area contributed by atoms with Crippen molar-refractivity contribution in [2.45, 2.75) is 26.2 Å². The van der Waals surface area contributed by atoms with Crippen molar-refractivity contribution < 1.29 is 25.5 Å². The maximum atomic E-state index is 6.52. The van der Waals surface area contributed by atoms with E-state index in [0.29, 0.717) is 0 Å². The minimum absolute atomic E-state index is 0. The van der Waals surface area contributed by atoms with Crippen LogP contribution >= 0.6 is 0 Å². The zero-order valence-corrected chi connectivity index (χ0v) is 35.9. The Kier molecular flexibility index (Phi) is 9.15. The SMILES string of the molecule is CN(c1[c-]c(N2[CH-]N(c3c(-c4ccccc4)cccc3-c3ccccc3)c3ccccc32)ccc1)c1[c-]c2c3c(c1)oc1cccc(c13)n2-c1cc(C(C)(C)C)ccn1.[Pt]. The van der Waals surface area contributed by atoms with E-state index in [1.807, 2.05) is 12.3 Å². The van der Waals surface area contributed by atoms with E-state index < -0.39 is 0 Å². The molecule has 0 N–H and O–H groups in total. The van der Waals surface area contributed by atoms with Gasteiger partial charge in [0.15, 0.2) is 0 Å². The molecule has 0 spiro atoms. The molecule has 1 aliphatic heterocycles. The van der Waals surface area contributed by atoms with Gasteiger partial charge in [-0.05, 0) is 63.9 Å². The molecule has 10 aromatic rings. The van der Waals surface area contributed by atoms with Crippen LogP contribution < -0.4 is 14.7 Å². The van der Waals surface area contributed by atoms with E-state index in [1.165, 1.54) is 5.56 Å². The monoisotopic (exact) mass is 957 g/mol. The van der Waals surface area contributed by atoms with Crippen LogP contribution in [0.2, 0.25) is 0 Å². The van der Waals surface area contributed by atoms with E-state index >= 15 is 0 Å². The van der Waals surface area contributed by atoms with Crippen molar-refractivity contribution in [3.8, 4) is 28.1 Å². The summed E-state index contributed by atoms with van der Waals surface area (Å²) < 4.78 is 8.75. The van der Waals surface area contributed by atoms with Gasteiger partial charge in [0.25, 0.3) is 0 Å². The zero-order valence-electron chi connectivity index (χ0n) is 33.6. The molecule has 6 nitrogen and oxygen atoms in total. The Balaban J connectivity index is 0.00000433. The largest absolute Gasteiger partial charge is 0.493 e. The first-order valence-corrected chi connectivity index (χ1v) is 20.0. The quantitative estimate of drug-likeness (QED) is 0.149. The van der Waals surface area contributed by atoms with E-state index in [4.69, 9.17) is 9.40 Å². The van der Waals surface area contributed by atoms with Gasteiger partial charge >= 0.3 is 0 Å². The van der Waals surface area contributed by atoms with Crippen LogP contribution in [0.3, 0.4) is 0 Å². The molecule has 4 heterocycles. The van der Waals surface area contributed by atoms with Gasteiger partial charge in [-0.15, -0.1) is 42.7 Å². The van der Waals surface area contributed by atoms with E-state index in [1.54, 1.807) is 0 Å². The molecule has 0 aliphatic carbocycles. The van der Waals surface area contributed by atoms with Crippen LogP contribution in [0.4, 0.5) is 34.1 Å². The van der Waals surface area contributed by atoms with Crippen LogP contribution in [0, 0.1) is 18.8 Å². The molecular formula is C53H40N5OPt-3. The number of anilines is 6. The molecule has 0 unspecified atom stereocenters. The van der Waals surface area contributed by atoms with Crippen molar-refractivity contribution >= 4 is 67.1 Å². The van der Waals surface area contributed by atoms with E-state index in [2.05, 4.69) is 218 Å². The number of para-hydroxylation sites is 3. The normalized spacial score (nSPS) is 12.7. The van der Waals surface area contributed by atoms with Gasteiger partial charge in [0.1, 0.15) is 11.4 Å². The van der Waals surface area contributed by atoms with Gasteiger partial charge in [-0.3, -0.25) is 0 Å². The Morgan fingerprint density at radius 3 is 1.97 bits per heavy atom. The summed E-state index contributed by atoms with van der Waals surface area (Å²) in [5, 5.41) is 2.15. The number of furan rings is 1. The van der Waals surface area contributed by atoms with Crippen LogP contribution in [0.15, 0.2) is 168 Å². The number of hydrogen-bond acceptors (Lipinski definition) is 5. The molecule has 7 aromatic carbocycles. The smallest absolute Gasteiger partial charge is 0.135 e. The summed E-state index contributed by atoms with van der Waals surface area (Å²) in [7, 11) is 2.07. The van der Waals surface area contributed by atoms with Crippen molar-refractivity contribution in [1.82, 2.24) is 9.55 Å². The Labute approximate surface area is 364 Å². The molecule has 0 saturated carbocycles. The van der Waals surface area contributed by atoms with Crippen molar-refractivity contribution in [2.75, 3.05) is 21.7 Å². The van der Waals surface area contributed by atoms with Crippen molar-refractivity contribution in [3.63, 3.8) is 0 Å². The summed E-state index contributed by atoms with van der Waals surface area (Å²) in [6.07, 6.45) is 1.91. The van der Waals surface area contributed by atoms with Crippen LogP contribution in [-0.2, 0) is 26.5 Å². The second kappa shape index (κ2) is 14.6. The molecule has 0 bridgehead atoms. The maximum Gasteiger partial charge on any atom is 0.135 e. The molecule has 0 radical (unpaired) electrons. The number of rotatable bonds is 7. The fraction of sp³-hybridized carbons (Fsp3) is 0.0943. The van der Waals surface area contributed by atoms with Gasteiger partial charge in [0, 0.05) is 73.6 Å². The van der Waals surface area contributed by atoms with E-state index in [0.717, 1.165) is 95.2 Å². The predicted molar refractivity (Wildman–Crippen MR) is 243 cm³/mol. The van der Waals surface area contributed by atoms with Gasteiger partial charge in [-0.2, -0.15) is 6.07 Å². The van der Waals surface area contributed by atoms with Gasteiger partial charge < -0.3 is 23.7 Å². The Morgan fingerprint density at radius 1 is 0.617 bits per heavy atom. The first-order valence-electron chi connectivity index (χ1n) is 20.0. The van der Waals surface area contributed by atoms with Gasteiger partial charge in [-0.1, -0.05) is 140 Å². The molecule has 3 aromatic heterocycles. The Morgan fingerprint density at radius 2 is 1.27 bits per heavy atom.